The molecule has 1 aromatic carbocycles. The number of ether oxygens (including phenoxy) is 1. The number of nitrogens with one attached hydrogen (secondary N) is 1. The molecular formula is C13H18FNO2. The maximum absolute atomic E-state index is 13.2. The Morgan fingerprint density at radius 3 is 2.94 bits per heavy atom. The minimum absolute atomic E-state index is 0.0715. The van der Waals surface area contributed by atoms with Crippen LogP contribution in [0.2, 0.25) is 0 Å². The van der Waals surface area contributed by atoms with Crippen molar-refractivity contribution in [1.82, 2.24) is 5.32 Å². The lowest BCUT2D eigenvalue weighted by atomic mass is 10.3. The summed E-state index contributed by atoms with van der Waals surface area (Å²) in [5, 5.41) is 12.6. The third-order valence-corrected chi connectivity index (χ3v) is 2.17. The Bertz CT molecular complexity index is 344. The molecule has 0 heterocycles. The Kier molecular flexibility index (Phi) is 6.29. The molecule has 1 atom stereocenters. The van der Waals surface area contributed by atoms with E-state index in [0.717, 1.165) is 13.0 Å². The third-order valence-electron chi connectivity index (χ3n) is 2.17. The number of aliphatic hydroxyl groups excluding tert-OH is 1. The molecular weight excluding hydrogens is 221 g/mol. The SMILES string of the molecule is C=CCCNCC(O)COc1ccccc1F. The number of rotatable bonds is 8. The van der Waals surface area contributed by atoms with E-state index in [-0.39, 0.29) is 12.4 Å². The summed E-state index contributed by atoms with van der Waals surface area (Å²) in [6.07, 6.45) is 2.00. The van der Waals surface area contributed by atoms with Crippen molar-refractivity contribution in [2.24, 2.45) is 0 Å². The molecule has 17 heavy (non-hydrogen) atoms. The average molecular weight is 239 g/mol. The topological polar surface area (TPSA) is 41.5 Å². The zero-order valence-corrected chi connectivity index (χ0v) is 9.73. The van der Waals surface area contributed by atoms with Crippen LogP contribution in [0.25, 0.3) is 0 Å². The smallest absolute Gasteiger partial charge is 0.165 e. The lowest BCUT2D eigenvalue weighted by Gasteiger charge is -2.13. The minimum Gasteiger partial charge on any atom is -0.488 e. The van der Waals surface area contributed by atoms with Crippen LogP contribution in [0, 0.1) is 5.82 Å². The Morgan fingerprint density at radius 2 is 2.24 bits per heavy atom. The van der Waals surface area contributed by atoms with E-state index in [9.17, 15) is 9.50 Å². The summed E-state index contributed by atoms with van der Waals surface area (Å²) in [6, 6.07) is 6.14. The second kappa shape index (κ2) is 7.81. The lowest BCUT2D eigenvalue weighted by Crippen LogP contribution is -2.31. The van der Waals surface area contributed by atoms with Crippen molar-refractivity contribution in [2.45, 2.75) is 12.5 Å². The maximum Gasteiger partial charge on any atom is 0.165 e. The molecule has 0 bridgehead atoms. The molecule has 94 valence electrons. The van der Waals surface area contributed by atoms with E-state index >= 15 is 0 Å². The van der Waals surface area contributed by atoms with E-state index in [1.165, 1.54) is 12.1 Å². The van der Waals surface area contributed by atoms with Gasteiger partial charge in [-0.1, -0.05) is 18.2 Å². The van der Waals surface area contributed by atoms with Crippen molar-refractivity contribution in [3.8, 4) is 5.75 Å². The molecule has 2 N–H and O–H groups in total. The molecule has 1 aromatic rings. The Balaban J connectivity index is 2.21. The molecule has 0 fully saturated rings. The highest BCUT2D eigenvalue weighted by Crippen LogP contribution is 2.15. The maximum atomic E-state index is 13.2. The molecule has 0 amide bonds. The summed E-state index contributed by atoms with van der Waals surface area (Å²) in [6.45, 7) is 4.85. The second-order valence-electron chi connectivity index (χ2n) is 3.68. The fraction of sp³-hybridized carbons (Fsp3) is 0.385. The van der Waals surface area contributed by atoms with Crippen LogP contribution < -0.4 is 10.1 Å². The van der Waals surface area contributed by atoms with Crippen LogP contribution in [0.4, 0.5) is 4.39 Å². The van der Waals surface area contributed by atoms with Crippen LogP contribution in [0.1, 0.15) is 6.42 Å². The van der Waals surface area contributed by atoms with Crippen LogP contribution >= 0.6 is 0 Å². The normalized spacial score (nSPS) is 12.1. The predicted molar refractivity (Wildman–Crippen MR) is 65.6 cm³/mol. The fourth-order valence-electron chi connectivity index (χ4n) is 1.28. The Morgan fingerprint density at radius 1 is 1.47 bits per heavy atom. The first-order chi connectivity index (χ1) is 8.24. The first kappa shape index (κ1) is 13.7. The van der Waals surface area contributed by atoms with Gasteiger partial charge in [-0.05, 0) is 25.1 Å². The van der Waals surface area contributed by atoms with Gasteiger partial charge in [0.1, 0.15) is 12.7 Å². The predicted octanol–water partition coefficient (Wildman–Crippen LogP) is 1.73. The largest absolute Gasteiger partial charge is 0.488 e. The molecule has 1 rings (SSSR count). The van der Waals surface area contributed by atoms with Gasteiger partial charge in [0.2, 0.25) is 0 Å². The van der Waals surface area contributed by atoms with Gasteiger partial charge in [0, 0.05) is 6.54 Å². The monoisotopic (exact) mass is 239 g/mol. The molecule has 0 aliphatic rings. The number of para-hydroxylation sites is 1. The summed E-state index contributed by atoms with van der Waals surface area (Å²) in [5.41, 5.74) is 0. The van der Waals surface area contributed by atoms with Crippen LogP contribution in [0.5, 0.6) is 5.75 Å². The molecule has 0 saturated carbocycles. The fourth-order valence-corrected chi connectivity index (χ4v) is 1.28. The van der Waals surface area contributed by atoms with Gasteiger partial charge in [-0.2, -0.15) is 0 Å². The Labute approximate surface area is 101 Å². The van der Waals surface area contributed by atoms with E-state index in [1.807, 2.05) is 0 Å². The molecule has 0 saturated heterocycles. The standard InChI is InChI=1S/C13H18FNO2/c1-2-3-8-15-9-11(16)10-17-13-7-5-4-6-12(13)14/h2,4-7,11,15-16H,1,3,8-10H2. The van der Waals surface area contributed by atoms with Gasteiger partial charge >= 0.3 is 0 Å². The number of benzene rings is 1. The van der Waals surface area contributed by atoms with Gasteiger partial charge < -0.3 is 15.2 Å². The molecule has 0 aliphatic heterocycles. The van der Waals surface area contributed by atoms with Gasteiger partial charge in [0.15, 0.2) is 11.6 Å². The second-order valence-corrected chi connectivity index (χ2v) is 3.68. The highest BCUT2D eigenvalue weighted by atomic mass is 19.1. The number of halogens is 1. The molecule has 0 aromatic heterocycles. The summed E-state index contributed by atoms with van der Waals surface area (Å²) in [7, 11) is 0. The number of hydrogen-bond acceptors (Lipinski definition) is 3. The third kappa shape index (κ3) is 5.47. The van der Waals surface area contributed by atoms with E-state index in [0.29, 0.717) is 6.54 Å². The molecule has 0 radical (unpaired) electrons. The van der Waals surface area contributed by atoms with Crippen LogP contribution in [-0.4, -0.2) is 30.9 Å². The summed E-state index contributed by atoms with van der Waals surface area (Å²) >= 11 is 0. The van der Waals surface area contributed by atoms with Crippen molar-refractivity contribution in [3.05, 3.63) is 42.7 Å². The molecule has 3 nitrogen and oxygen atoms in total. The van der Waals surface area contributed by atoms with E-state index < -0.39 is 11.9 Å². The molecule has 0 spiro atoms. The molecule has 1 unspecified atom stereocenters. The van der Waals surface area contributed by atoms with Crippen LogP contribution in [-0.2, 0) is 0 Å². The Hall–Kier alpha value is -1.39. The summed E-state index contributed by atoms with van der Waals surface area (Å²) in [4.78, 5) is 0. The van der Waals surface area contributed by atoms with Crippen molar-refractivity contribution in [2.75, 3.05) is 19.7 Å². The quantitative estimate of drug-likeness (QED) is 0.536. The van der Waals surface area contributed by atoms with Gasteiger partial charge in [-0.15, -0.1) is 6.58 Å². The first-order valence-corrected chi connectivity index (χ1v) is 5.61. The van der Waals surface area contributed by atoms with Crippen molar-refractivity contribution in [3.63, 3.8) is 0 Å². The van der Waals surface area contributed by atoms with Crippen LogP contribution in [0.15, 0.2) is 36.9 Å². The summed E-state index contributed by atoms with van der Waals surface area (Å²) in [5.74, 6) is -0.253. The van der Waals surface area contributed by atoms with Crippen molar-refractivity contribution in [1.29, 1.82) is 0 Å². The zero-order valence-electron chi connectivity index (χ0n) is 9.73. The number of hydrogen-bond donors (Lipinski definition) is 2. The minimum atomic E-state index is -0.653. The van der Waals surface area contributed by atoms with Gasteiger partial charge in [-0.25, -0.2) is 4.39 Å². The summed E-state index contributed by atoms with van der Waals surface area (Å²) < 4.78 is 18.3. The molecule has 0 aliphatic carbocycles. The van der Waals surface area contributed by atoms with E-state index in [4.69, 9.17) is 4.74 Å². The van der Waals surface area contributed by atoms with Crippen molar-refractivity contribution < 1.29 is 14.2 Å². The van der Waals surface area contributed by atoms with E-state index in [1.54, 1.807) is 18.2 Å². The highest BCUT2D eigenvalue weighted by Gasteiger charge is 2.06. The van der Waals surface area contributed by atoms with Gasteiger partial charge in [-0.3, -0.25) is 0 Å². The highest BCUT2D eigenvalue weighted by molar-refractivity contribution is 5.23. The number of aliphatic hydroxyl groups is 1. The van der Waals surface area contributed by atoms with Crippen LogP contribution in [0.3, 0.4) is 0 Å². The zero-order chi connectivity index (χ0) is 12.5. The van der Waals surface area contributed by atoms with Crippen molar-refractivity contribution >= 4 is 0 Å². The van der Waals surface area contributed by atoms with Gasteiger partial charge in [0.25, 0.3) is 0 Å². The van der Waals surface area contributed by atoms with E-state index in [2.05, 4.69) is 11.9 Å². The lowest BCUT2D eigenvalue weighted by molar-refractivity contribution is 0.104. The first-order valence-electron chi connectivity index (χ1n) is 5.61. The average Bonchev–Trinajstić information content (AvgIpc) is 2.34. The molecule has 4 heteroatoms. The van der Waals surface area contributed by atoms with Gasteiger partial charge in [0.05, 0.1) is 0 Å².